The number of piperidine rings is 1. The van der Waals surface area contributed by atoms with Crippen LogP contribution < -0.4 is 5.32 Å². The Labute approximate surface area is 119 Å². The van der Waals surface area contributed by atoms with Crippen LogP contribution in [0.15, 0.2) is 0 Å². The lowest BCUT2D eigenvalue weighted by Gasteiger charge is -2.39. The van der Waals surface area contributed by atoms with E-state index in [0.717, 1.165) is 23.9 Å². The zero-order valence-corrected chi connectivity index (χ0v) is 12.7. The Bertz CT molecular complexity index is 262. The van der Waals surface area contributed by atoms with Crippen molar-refractivity contribution in [3.05, 3.63) is 0 Å². The van der Waals surface area contributed by atoms with E-state index in [2.05, 4.69) is 17.1 Å². The Morgan fingerprint density at radius 3 is 2.42 bits per heavy atom. The minimum atomic E-state index is 0.842. The molecule has 3 aliphatic rings. The highest BCUT2D eigenvalue weighted by atomic mass is 15.2. The van der Waals surface area contributed by atoms with Gasteiger partial charge in [-0.05, 0) is 70.4 Å². The van der Waals surface area contributed by atoms with Gasteiger partial charge in [0.1, 0.15) is 0 Å². The zero-order chi connectivity index (χ0) is 13.1. The van der Waals surface area contributed by atoms with Gasteiger partial charge in [-0.3, -0.25) is 4.90 Å². The van der Waals surface area contributed by atoms with Crippen molar-refractivity contribution >= 4 is 0 Å². The molecule has 1 saturated heterocycles. The summed E-state index contributed by atoms with van der Waals surface area (Å²) in [5.74, 6) is 1.91. The summed E-state index contributed by atoms with van der Waals surface area (Å²) in [5.41, 5.74) is 0. The van der Waals surface area contributed by atoms with Crippen LogP contribution in [0.5, 0.6) is 0 Å². The molecule has 110 valence electrons. The van der Waals surface area contributed by atoms with E-state index >= 15 is 0 Å². The topological polar surface area (TPSA) is 15.3 Å². The molecule has 0 spiro atoms. The zero-order valence-electron chi connectivity index (χ0n) is 12.7. The lowest BCUT2D eigenvalue weighted by atomic mass is 9.83. The van der Waals surface area contributed by atoms with Gasteiger partial charge in [-0.15, -0.1) is 0 Å². The second-order valence-electron chi connectivity index (χ2n) is 7.28. The van der Waals surface area contributed by atoms with Gasteiger partial charge in [-0.2, -0.15) is 0 Å². The van der Waals surface area contributed by atoms with Crippen molar-refractivity contribution < 1.29 is 0 Å². The first-order chi connectivity index (χ1) is 9.34. The van der Waals surface area contributed by atoms with Crippen molar-refractivity contribution in [1.29, 1.82) is 0 Å². The molecule has 1 aliphatic heterocycles. The standard InChI is InChI=1S/C17H32N2/c1-14(16-7-3-2-4-8-16)19(17-9-10-17)13-15-6-5-11-18-12-15/h14-18H,2-13H2,1H3. The highest BCUT2D eigenvalue weighted by Gasteiger charge is 2.36. The number of rotatable bonds is 5. The minimum absolute atomic E-state index is 0.842. The SMILES string of the molecule is CC(C1CCCCC1)N(CC1CCCNC1)C1CC1. The Morgan fingerprint density at radius 2 is 1.79 bits per heavy atom. The molecule has 2 saturated carbocycles. The van der Waals surface area contributed by atoms with Gasteiger partial charge >= 0.3 is 0 Å². The van der Waals surface area contributed by atoms with Crippen LogP contribution in [-0.2, 0) is 0 Å². The van der Waals surface area contributed by atoms with Crippen LogP contribution in [0.2, 0.25) is 0 Å². The van der Waals surface area contributed by atoms with Crippen molar-refractivity contribution in [1.82, 2.24) is 10.2 Å². The van der Waals surface area contributed by atoms with Gasteiger partial charge in [0, 0.05) is 18.6 Å². The van der Waals surface area contributed by atoms with E-state index < -0.39 is 0 Å². The molecule has 2 unspecified atom stereocenters. The molecule has 1 heterocycles. The molecule has 0 amide bonds. The van der Waals surface area contributed by atoms with E-state index in [-0.39, 0.29) is 0 Å². The lowest BCUT2D eigenvalue weighted by Crippen LogP contribution is -2.46. The monoisotopic (exact) mass is 264 g/mol. The van der Waals surface area contributed by atoms with Crippen molar-refractivity contribution in [3.8, 4) is 0 Å². The van der Waals surface area contributed by atoms with Gasteiger partial charge in [0.2, 0.25) is 0 Å². The summed E-state index contributed by atoms with van der Waals surface area (Å²) in [6.07, 6.45) is 13.2. The summed E-state index contributed by atoms with van der Waals surface area (Å²) in [6, 6.07) is 1.79. The normalized spacial score (nSPS) is 31.6. The van der Waals surface area contributed by atoms with Crippen LogP contribution in [0.25, 0.3) is 0 Å². The molecule has 3 rings (SSSR count). The average Bonchev–Trinajstić information content (AvgIpc) is 3.31. The van der Waals surface area contributed by atoms with E-state index in [0.29, 0.717) is 0 Å². The fourth-order valence-electron chi connectivity index (χ4n) is 4.32. The van der Waals surface area contributed by atoms with Crippen LogP contribution in [-0.4, -0.2) is 36.6 Å². The summed E-state index contributed by atoms with van der Waals surface area (Å²) >= 11 is 0. The van der Waals surface area contributed by atoms with Gasteiger partial charge in [0.15, 0.2) is 0 Å². The average molecular weight is 264 g/mol. The van der Waals surface area contributed by atoms with Gasteiger partial charge in [-0.1, -0.05) is 19.3 Å². The van der Waals surface area contributed by atoms with Crippen LogP contribution in [0.4, 0.5) is 0 Å². The number of nitrogens with one attached hydrogen (secondary N) is 1. The van der Waals surface area contributed by atoms with Gasteiger partial charge in [0.25, 0.3) is 0 Å². The van der Waals surface area contributed by atoms with Crippen molar-refractivity contribution in [3.63, 3.8) is 0 Å². The third-order valence-electron chi connectivity index (χ3n) is 5.74. The van der Waals surface area contributed by atoms with Crippen LogP contribution in [0.1, 0.15) is 64.7 Å². The van der Waals surface area contributed by atoms with Crippen molar-refractivity contribution in [2.75, 3.05) is 19.6 Å². The maximum atomic E-state index is 3.59. The van der Waals surface area contributed by atoms with E-state index in [4.69, 9.17) is 0 Å². The highest BCUT2D eigenvalue weighted by molar-refractivity contribution is 4.92. The van der Waals surface area contributed by atoms with Gasteiger partial charge < -0.3 is 5.32 Å². The summed E-state index contributed by atoms with van der Waals surface area (Å²) in [7, 11) is 0. The van der Waals surface area contributed by atoms with Crippen molar-refractivity contribution in [2.24, 2.45) is 11.8 Å². The lowest BCUT2D eigenvalue weighted by molar-refractivity contribution is 0.0970. The van der Waals surface area contributed by atoms with E-state index in [1.807, 2.05) is 0 Å². The second kappa shape index (κ2) is 6.58. The molecule has 0 aromatic rings. The molecule has 3 fully saturated rings. The summed E-state index contributed by atoms with van der Waals surface area (Å²) in [6.45, 7) is 6.42. The largest absolute Gasteiger partial charge is 0.316 e. The third-order valence-corrected chi connectivity index (χ3v) is 5.74. The molecule has 2 aliphatic carbocycles. The summed E-state index contributed by atoms with van der Waals surface area (Å²) < 4.78 is 0. The Balaban J connectivity index is 1.56. The van der Waals surface area contributed by atoms with Crippen LogP contribution in [0, 0.1) is 11.8 Å². The first-order valence-corrected chi connectivity index (χ1v) is 8.81. The van der Waals surface area contributed by atoms with Crippen molar-refractivity contribution in [2.45, 2.75) is 76.8 Å². The second-order valence-corrected chi connectivity index (χ2v) is 7.28. The minimum Gasteiger partial charge on any atom is -0.316 e. The smallest absolute Gasteiger partial charge is 0.00994 e. The maximum Gasteiger partial charge on any atom is 0.00994 e. The molecule has 2 nitrogen and oxygen atoms in total. The third kappa shape index (κ3) is 3.72. The van der Waals surface area contributed by atoms with Crippen LogP contribution in [0.3, 0.4) is 0 Å². The predicted molar refractivity (Wildman–Crippen MR) is 81.4 cm³/mol. The van der Waals surface area contributed by atoms with E-state index in [9.17, 15) is 0 Å². The van der Waals surface area contributed by atoms with E-state index in [1.165, 1.54) is 77.4 Å². The predicted octanol–water partition coefficient (Wildman–Crippen LogP) is 3.42. The Hall–Kier alpha value is -0.0800. The Kier molecular flexibility index (Phi) is 4.81. The van der Waals surface area contributed by atoms with E-state index in [1.54, 1.807) is 0 Å². The molecular weight excluding hydrogens is 232 g/mol. The molecule has 0 bridgehead atoms. The highest BCUT2D eigenvalue weighted by Crippen LogP contribution is 2.36. The van der Waals surface area contributed by atoms with Gasteiger partial charge in [-0.25, -0.2) is 0 Å². The first-order valence-electron chi connectivity index (χ1n) is 8.81. The fourth-order valence-corrected chi connectivity index (χ4v) is 4.32. The molecule has 0 aromatic heterocycles. The number of hydrogen-bond donors (Lipinski definition) is 1. The first kappa shape index (κ1) is 13.9. The van der Waals surface area contributed by atoms with Crippen LogP contribution >= 0.6 is 0 Å². The molecule has 0 aromatic carbocycles. The molecule has 0 radical (unpaired) electrons. The number of nitrogens with zero attached hydrogens (tertiary/aromatic N) is 1. The molecular formula is C17H32N2. The Morgan fingerprint density at radius 1 is 1.00 bits per heavy atom. The molecule has 2 atom stereocenters. The molecule has 1 N–H and O–H groups in total. The van der Waals surface area contributed by atoms with Gasteiger partial charge in [0.05, 0.1) is 0 Å². The molecule has 2 heteroatoms. The summed E-state index contributed by atoms with van der Waals surface area (Å²) in [4.78, 5) is 2.91. The fraction of sp³-hybridized carbons (Fsp3) is 1.00. The number of hydrogen-bond acceptors (Lipinski definition) is 2. The molecule has 19 heavy (non-hydrogen) atoms. The summed E-state index contributed by atoms with van der Waals surface area (Å²) in [5, 5.41) is 3.59. The maximum absolute atomic E-state index is 3.59. The quantitative estimate of drug-likeness (QED) is 0.818.